The molecule has 0 aliphatic carbocycles. The Bertz CT molecular complexity index is 703. The molecule has 2 rings (SSSR count). The molecule has 0 unspecified atom stereocenters. The monoisotopic (exact) mass is 425 g/mol. The average molecular weight is 426 g/mol. The highest BCUT2D eigenvalue weighted by atomic mass is 35.5. The number of carbonyl (C=O) groups excluding carboxylic acids is 2. The van der Waals surface area contributed by atoms with Crippen LogP contribution in [-0.2, 0) is 23.9 Å². The maximum Gasteiger partial charge on any atom is 0.306 e. The lowest BCUT2D eigenvalue weighted by molar-refractivity contribution is -0.311. The van der Waals surface area contributed by atoms with Crippen LogP contribution in [-0.4, -0.2) is 41.8 Å². The van der Waals surface area contributed by atoms with Crippen LogP contribution in [0.3, 0.4) is 0 Å². The van der Waals surface area contributed by atoms with Crippen molar-refractivity contribution in [3.8, 4) is 0 Å². The van der Waals surface area contributed by atoms with E-state index in [0.29, 0.717) is 5.02 Å². The van der Waals surface area contributed by atoms with Gasteiger partial charge in [-0.2, -0.15) is 5.06 Å². The van der Waals surface area contributed by atoms with Crippen LogP contribution >= 0.6 is 11.6 Å². The average Bonchev–Trinajstić information content (AvgIpc) is 2.65. The lowest BCUT2D eigenvalue weighted by atomic mass is 9.82. The van der Waals surface area contributed by atoms with E-state index in [1.165, 1.54) is 7.11 Å². The number of rotatable bonds is 8. The number of nitrogens with zero attached hydrogens (tertiary/aromatic N) is 1. The highest BCUT2D eigenvalue weighted by Gasteiger charge is 2.44. The summed E-state index contributed by atoms with van der Waals surface area (Å²) in [5.41, 5.74) is 0.416. The number of benzene rings is 1. The molecule has 29 heavy (non-hydrogen) atoms. The van der Waals surface area contributed by atoms with Gasteiger partial charge < -0.3 is 9.47 Å². The number of hydrogen-bond donors (Lipinski definition) is 0. The Kier molecular flexibility index (Phi) is 8.09. The Morgan fingerprint density at radius 3 is 2.24 bits per heavy atom. The van der Waals surface area contributed by atoms with E-state index >= 15 is 0 Å². The zero-order valence-electron chi connectivity index (χ0n) is 18.0. The number of ether oxygens (including phenoxy) is 2. The third-order valence-corrected chi connectivity index (χ3v) is 5.66. The summed E-state index contributed by atoms with van der Waals surface area (Å²) in [7, 11) is 1.29. The third kappa shape index (κ3) is 6.43. The second-order valence-corrected chi connectivity index (χ2v) is 9.05. The number of methoxy groups -OCH3 is 1. The van der Waals surface area contributed by atoms with Gasteiger partial charge in [-0.25, -0.2) is 0 Å². The highest BCUT2D eigenvalue weighted by Crippen LogP contribution is 2.41. The van der Waals surface area contributed by atoms with Crippen LogP contribution < -0.4 is 0 Å². The maximum absolute atomic E-state index is 12.1. The minimum Gasteiger partial charge on any atom is -0.469 e. The van der Waals surface area contributed by atoms with E-state index in [9.17, 15) is 9.59 Å². The molecule has 1 atom stereocenters. The van der Waals surface area contributed by atoms with Crippen LogP contribution in [0, 0.1) is 0 Å². The first-order chi connectivity index (χ1) is 13.6. The van der Waals surface area contributed by atoms with E-state index < -0.39 is 18.0 Å². The van der Waals surface area contributed by atoms with E-state index in [1.807, 2.05) is 23.3 Å². The molecule has 0 amide bonds. The van der Waals surface area contributed by atoms with Crippen molar-refractivity contribution >= 4 is 23.5 Å². The molecule has 1 aromatic rings. The van der Waals surface area contributed by atoms with Gasteiger partial charge >= 0.3 is 11.9 Å². The highest BCUT2D eigenvalue weighted by molar-refractivity contribution is 6.31. The molecular formula is C22H32ClNO5. The number of piperidine rings is 1. The van der Waals surface area contributed by atoms with Crippen LogP contribution in [0.5, 0.6) is 0 Å². The first-order valence-corrected chi connectivity index (χ1v) is 10.4. The lowest BCUT2D eigenvalue weighted by Crippen LogP contribution is -2.58. The number of hydroxylamine groups is 2. The first-order valence-electron chi connectivity index (χ1n) is 10.0. The fourth-order valence-corrected chi connectivity index (χ4v) is 4.11. The molecule has 1 aliphatic rings. The summed E-state index contributed by atoms with van der Waals surface area (Å²) < 4.78 is 9.99. The standard InChI is InChI=1S/C22H32ClNO5/c1-21(2)13-8-14-22(3,4)24(21)29-18(16-9-6-7-10-17(16)23)15-28-20(26)12-11-19(25)27-5/h6-7,9-10,18H,8,11-15H2,1-5H3/t18-/m0/s1. The van der Waals surface area contributed by atoms with Crippen molar-refractivity contribution in [1.29, 1.82) is 0 Å². The number of halogens is 1. The first kappa shape index (κ1) is 23.6. The minimum atomic E-state index is -0.553. The fourth-order valence-electron chi connectivity index (χ4n) is 3.85. The molecule has 1 aliphatic heterocycles. The Hall–Kier alpha value is -1.63. The molecular weight excluding hydrogens is 394 g/mol. The molecule has 7 heteroatoms. The van der Waals surface area contributed by atoms with E-state index in [1.54, 1.807) is 6.07 Å². The Balaban J connectivity index is 2.17. The quantitative estimate of drug-likeness (QED) is 0.554. The topological polar surface area (TPSA) is 65.1 Å². The maximum atomic E-state index is 12.1. The number of carbonyl (C=O) groups is 2. The van der Waals surface area contributed by atoms with Gasteiger partial charge in [-0.15, -0.1) is 0 Å². The van der Waals surface area contributed by atoms with Gasteiger partial charge in [0.2, 0.25) is 0 Å². The summed E-state index contributed by atoms with van der Waals surface area (Å²) in [4.78, 5) is 29.8. The van der Waals surface area contributed by atoms with Crippen LogP contribution in [0.25, 0.3) is 0 Å². The van der Waals surface area contributed by atoms with Gasteiger partial charge in [-0.1, -0.05) is 29.8 Å². The summed E-state index contributed by atoms with van der Waals surface area (Å²) >= 11 is 6.42. The van der Waals surface area contributed by atoms with Crippen molar-refractivity contribution in [3.05, 3.63) is 34.9 Å². The van der Waals surface area contributed by atoms with Gasteiger partial charge in [0.1, 0.15) is 12.7 Å². The zero-order chi connectivity index (χ0) is 21.7. The van der Waals surface area contributed by atoms with Crippen molar-refractivity contribution < 1.29 is 23.9 Å². The Labute approximate surface area is 178 Å². The number of hydrogen-bond acceptors (Lipinski definition) is 6. The predicted octanol–water partition coefficient (Wildman–Crippen LogP) is 4.85. The van der Waals surface area contributed by atoms with E-state index in [2.05, 4.69) is 32.4 Å². The molecule has 0 bridgehead atoms. The third-order valence-electron chi connectivity index (χ3n) is 5.32. The van der Waals surface area contributed by atoms with Gasteiger partial charge in [-0.3, -0.25) is 14.4 Å². The molecule has 162 valence electrons. The largest absolute Gasteiger partial charge is 0.469 e. The molecule has 0 radical (unpaired) electrons. The molecule has 1 saturated heterocycles. The van der Waals surface area contributed by atoms with Gasteiger partial charge in [0.15, 0.2) is 0 Å². The van der Waals surface area contributed by atoms with Gasteiger partial charge in [0.25, 0.3) is 0 Å². The van der Waals surface area contributed by atoms with Gasteiger partial charge in [0.05, 0.1) is 20.0 Å². The van der Waals surface area contributed by atoms with Crippen molar-refractivity contribution in [2.24, 2.45) is 0 Å². The van der Waals surface area contributed by atoms with E-state index in [-0.39, 0.29) is 30.5 Å². The second kappa shape index (κ2) is 9.92. The molecule has 0 N–H and O–H groups in total. The second-order valence-electron chi connectivity index (χ2n) is 8.65. The smallest absolute Gasteiger partial charge is 0.306 e. The van der Waals surface area contributed by atoms with Crippen molar-refractivity contribution in [2.45, 2.75) is 77.0 Å². The summed E-state index contributed by atoms with van der Waals surface area (Å²) in [6.07, 6.45) is 2.53. The molecule has 0 aromatic heterocycles. The van der Waals surface area contributed by atoms with Gasteiger partial charge in [0, 0.05) is 21.7 Å². The molecule has 1 heterocycles. The zero-order valence-corrected chi connectivity index (χ0v) is 18.8. The van der Waals surface area contributed by atoms with Crippen molar-refractivity contribution in [2.75, 3.05) is 13.7 Å². The predicted molar refractivity (Wildman–Crippen MR) is 111 cm³/mol. The molecule has 0 saturated carbocycles. The van der Waals surface area contributed by atoms with Crippen molar-refractivity contribution in [1.82, 2.24) is 5.06 Å². The van der Waals surface area contributed by atoms with Crippen LogP contribution in [0.4, 0.5) is 0 Å². The van der Waals surface area contributed by atoms with Crippen molar-refractivity contribution in [3.63, 3.8) is 0 Å². The molecule has 1 fully saturated rings. The Morgan fingerprint density at radius 1 is 1.07 bits per heavy atom. The fraction of sp³-hybridized carbons (Fsp3) is 0.636. The van der Waals surface area contributed by atoms with Crippen LogP contribution in [0.1, 0.15) is 71.5 Å². The molecule has 0 spiro atoms. The van der Waals surface area contributed by atoms with Gasteiger partial charge in [-0.05, 0) is 53.0 Å². The SMILES string of the molecule is COC(=O)CCC(=O)OC[C@H](ON1C(C)(C)CCCC1(C)C)c1ccccc1Cl. The summed E-state index contributed by atoms with van der Waals surface area (Å²) in [6.45, 7) is 8.62. The molecule has 1 aromatic carbocycles. The van der Waals surface area contributed by atoms with E-state index in [4.69, 9.17) is 21.2 Å². The van der Waals surface area contributed by atoms with Crippen LogP contribution in [0.2, 0.25) is 5.02 Å². The molecule has 6 nitrogen and oxygen atoms in total. The summed E-state index contributed by atoms with van der Waals surface area (Å²) in [5, 5.41) is 2.58. The minimum absolute atomic E-state index is 0.00635. The summed E-state index contributed by atoms with van der Waals surface area (Å²) in [6, 6.07) is 7.39. The van der Waals surface area contributed by atoms with Crippen LogP contribution in [0.15, 0.2) is 24.3 Å². The number of esters is 2. The lowest BCUT2D eigenvalue weighted by Gasteiger charge is -2.52. The Morgan fingerprint density at radius 2 is 1.66 bits per heavy atom. The van der Waals surface area contributed by atoms with E-state index in [0.717, 1.165) is 24.8 Å². The normalized spacial score (nSPS) is 19.4. The summed E-state index contributed by atoms with van der Waals surface area (Å²) in [5.74, 6) is -0.925.